The van der Waals surface area contributed by atoms with Crippen molar-refractivity contribution in [3.05, 3.63) is 28.2 Å². The van der Waals surface area contributed by atoms with Crippen LogP contribution in [0.1, 0.15) is 18.4 Å². The highest BCUT2D eigenvalue weighted by Gasteiger charge is 2.12. The van der Waals surface area contributed by atoms with Crippen LogP contribution in [0.25, 0.3) is 0 Å². The smallest absolute Gasteiger partial charge is 0.133 e. The Morgan fingerprint density at radius 3 is 3.06 bits per heavy atom. The molecule has 0 radical (unpaired) electrons. The van der Waals surface area contributed by atoms with Crippen molar-refractivity contribution >= 4 is 15.9 Å². The van der Waals surface area contributed by atoms with Crippen LogP contribution < -0.4 is 10.1 Å². The van der Waals surface area contributed by atoms with E-state index in [1.54, 1.807) is 7.11 Å². The van der Waals surface area contributed by atoms with Crippen molar-refractivity contribution in [1.29, 1.82) is 0 Å². The minimum atomic E-state index is 0.490. The van der Waals surface area contributed by atoms with Gasteiger partial charge in [0.05, 0.1) is 18.2 Å². The van der Waals surface area contributed by atoms with Crippen LogP contribution in [0.15, 0.2) is 22.7 Å². The summed E-state index contributed by atoms with van der Waals surface area (Å²) in [5, 5.41) is 3.52. The van der Waals surface area contributed by atoms with Crippen LogP contribution in [0, 0.1) is 0 Å². The van der Waals surface area contributed by atoms with E-state index in [1.165, 1.54) is 12.0 Å². The Morgan fingerprint density at radius 2 is 2.41 bits per heavy atom. The summed E-state index contributed by atoms with van der Waals surface area (Å²) in [5.41, 5.74) is 1.25. The standard InChI is InChI=1S/C13H18BrNO2/c1-16-13-5-4-10(7-12(13)14)8-15-11-3-2-6-17-9-11/h4-5,7,11,15H,2-3,6,8-9H2,1H3/t11-/m1/s1. The summed E-state index contributed by atoms with van der Waals surface area (Å²) in [6, 6.07) is 6.65. The van der Waals surface area contributed by atoms with E-state index in [9.17, 15) is 0 Å². The number of hydrogen-bond donors (Lipinski definition) is 1. The molecule has 1 aromatic rings. The van der Waals surface area contributed by atoms with Gasteiger partial charge in [0.15, 0.2) is 0 Å². The number of methoxy groups -OCH3 is 1. The van der Waals surface area contributed by atoms with Gasteiger partial charge in [0.25, 0.3) is 0 Å². The van der Waals surface area contributed by atoms with Gasteiger partial charge in [0, 0.05) is 19.2 Å². The van der Waals surface area contributed by atoms with Crippen molar-refractivity contribution in [2.75, 3.05) is 20.3 Å². The molecular formula is C13H18BrNO2. The lowest BCUT2D eigenvalue weighted by molar-refractivity contribution is 0.0699. The molecule has 0 unspecified atom stereocenters. The predicted octanol–water partition coefficient (Wildman–Crippen LogP) is 2.73. The van der Waals surface area contributed by atoms with Gasteiger partial charge < -0.3 is 14.8 Å². The summed E-state index contributed by atoms with van der Waals surface area (Å²) >= 11 is 3.50. The molecule has 0 bridgehead atoms. The first-order valence-electron chi connectivity index (χ1n) is 5.93. The molecule has 0 spiro atoms. The summed E-state index contributed by atoms with van der Waals surface area (Å²) in [6.07, 6.45) is 2.36. The van der Waals surface area contributed by atoms with Gasteiger partial charge in [0.2, 0.25) is 0 Å². The number of nitrogens with one attached hydrogen (secondary N) is 1. The number of hydrogen-bond acceptors (Lipinski definition) is 3. The largest absolute Gasteiger partial charge is 0.496 e. The van der Waals surface area contributed by atoms with E-state index in [4.69, 9.17) is 9.47 Å². The molecule has 0 aromatic heterocycles. The molecule has 4 heteroatoms. The van der Waals surface area contributed by atoms with Gasteiger partial charge in [-0.25, -0.2) is 0 Å². The molecule has 1 atom stereocenters. The Balaban J connectivity index is 1.87. The van der Waals surface area contributed by atoms with Crippen LogP contribution in [-0.2, 0) is 11.3 Å². The van der Waals surface area contributed by atoms with Gasteiger partial charge in [-0.3, -0.25) is 0 Å². The van der Waals surface area contributed by atoms with Crippen molar-refractivity contribution in [2.45, 2.75) is 25.4 Å². The van der Waals surface area contributed by atoms with Crippen molar-refractivity contribution < 1.29 is 9.47 Å². The van der Waals surface area contributed by atoms with Gasteiger partial charge in [-0.1, -0.05) is 6.07 Å². The minimum Gasteiger partial charge on any atom is -0.496 e. The van der Waals surface area contributed by atoms with E-state index in [-0.39, 0.29) is 0 Å². The Labute approximate surface area is 111 Å². The second-order valence-electron chi connectivity index (χ2n) is 4.26. The Hall–Kier alpha value is -0.580. The maximum Gasteiger partial charge on any atom is 0.133 e. The lowest BCUT2D eigenvalue weighted by Gasteiger charge is -2.23. The van der Waals surface area contributed by atoms with Crippen LogP contribution >= 0.6 is 15.9 Å². The lowest BCUT2D eigenvalue weighted by atomic mass is 10.1. The molecule has 1 aromatic carbocycles. The fourth-order valence-corrected chi connectivity index (χ4v) is 2.57. The third-order valence-corrected chi connectivity index (χ3v) is 3.59. The van der Waals surface area contributed by atoms with E-state index in [2.05, 4.69) is 33.4 Å². The Bertz CT molecular complexity index is 364. The highest BCUT2D eigenvalue weighted by Crippen LogP contribution is 2.25. The molecule has 3 nitrogen and oxygen atoms in total. The minimum absolute atomic E-state index is 0.490. The molecule has 1 heterocycles. The molecule has 0 saturated carbocycles. The Kier molecular flexibility index (Phi) is 4.83. The zero-order valence-corrected chi connectivity index (χ0v) is 11.6. The maximum absolute atomic E-state index is 5.44. The lowest BCUT2D eigenvalue weighted by Crippen LogP contribution is -2.36. The third-order valence-electron chi connectivity index (χ3n) is 2.97. The SMILES string of the molecule is COc1ccc(CN[C@@H]2CCCOC2)cc1Br. The van der Waals surface area contributed by atoms with E-state index >= 15 is 0 Å². The summed E-state index contributed by atoms with van der Waals surface area (Å²) in [5.74, 6) is 0.870. The Morgan fingerprint density at radius 1 is 1.53 bits per heavy atom. The van der Waals surface area contributed by atoms with Gasteiger partial charge in [-0.05, 0) is 46.5 Å². The number of benzene rings is 1. The second kappa shape index (κ2) is 6.38. The van der Waals surface area contributed by atoms with Crippen LogP contribution in [0.2, 0.25) is 0 Å². The van der Waals surface area contributed by atoms with Crippen LogP contribution in [-0.4, -0.2) is 26.4 Å². The van der Waals surface area contributed by atoms with E-state index in [0.717, 1.165) is 36.4 Å². The van der Waals surface area contributed by atoms with E-state index < -0.39 is 0 Å². The van der Waals surface area contributed by atoms with Crippen molar-refractivity contribution in [2.24, 2.45) is 0 Å². The molecule has 17 heavy (non-hydrogen) atoms. The first-order valence-corrected chi connectivity index (χ1v) is 6.72. The normalized spacial score (nSPS) is 20.2. The fourth-order valence-electron chi connectivity index (χ4n) is 1.98. The average Bonchev–Trinajstić information content (AvgIpc) is 2.38. The molecule has 1 saturated heterocycles. The fraction of sp³-hybridized carbons (Fsp3) is 0.538. The quantitative estimate of drug-likeness (QED) is 0.927. The molecule has 1 aliphatic heterocycles. The molecule has 0 amide bonds. The predicted molar refractivity (Wildman–Crippen MR) is 71.4 cm³/mol. The number of ether oxygens (including phenoxy) is 2. The molecule has 2 rings (SSSR count). The summed E-state index contributed by atoms with van der Waals surface area (Å²) in [7, 11) is 1.68. The first-order chi connectivity index (χ1) is 8.29. The van der Waals surface area contributed by atoms with Gasteiger partial charge in [-0.15, -0.1) is 0 Å². The zero-order chi connectivity index (χ0) is 12.1. The summed E-state index contributed by atoms with van der Waals surface area (Å²) in [4.78, 5) is 0. The summed E-state index contributed by atoms with van der Waals surface area (Å²) < 4.78 is 11.6. The van der Waals surface area contributed by atoms with Crippen LogP contribution in [0.3, 0.4) is 0 Å². The topological polar surface area (TPSA) is 30.5 Å². The molecule has 1 N–H and O–H groups in total. The van der Waals surface area contributed by atoms with Crippen molar-refractivity contribution in [1.82, 2.24) is 5.32 Å². The van der Waals surface area contributed by atoms with Crippen molar-refractivity contribution in [3.63, 3.8) is 0 Å². The molecule has 94 valence electrons. The second-order valence-corrected chi connectivity index (χ2v) is 5.12. The van der Waals surface area contributed by atoms with Gasteiger partial charge in [-0.2, -0.15) is 0 Å². The zero-order valence-electron chi connectivity index (χ0n) is 10.0. The van der Waals surface area contributed by atoms with E-state index in [1.807, 2.05) is 6.07 Å². The maximum atomic E-state index is 5.44. The van der Waals surface area contributed by atoms with E-state index in [0.29, 0.717) is 6.04 Å². The number of rotatable bonds is 4. The van der Waals surface area contributed by atoms with Crippen molar-refractivity contribution in [3.8, 4) is 5.75 Å². The highest BCUT2D eigenvalue weighted by molar-refractivity contribution is 9.10. The highest BCUT2D eigenvalue weighted by atomic mass is 79.9. The van der Waals surface area contributed by atoms with Gasteiger partial charge in [0.1, 0.15) is 5.75 Å². The third kappa shape index (κ3) is 3.69. The molecule has 1 aliphatic rings. The van der Waals surface area contributed by atoms with Gasteiger partial charge >= 0.3 is 0 Å². The monoisotopic (exact) mass is 299 g/mol. The summed E-state index contributed by atoms with van der Waals surface area (Å²) in [6.45, 7) is 2.61. The van der Waals surface area contributed by atoms with Crippen LogP contribution in [0.5, 0.6) is 5.75 Å². The average molecular weight is 300 g/mol. The molecule has 1 fully saturated rings. The first kappa shape index (κ1) is 12.9. The molecule has 0 aliphatic carbocycles. The van der Waals surface area contributed by atoms with Crippen LogP contribution in [0.4, 0.5) is 0 Å². The molecular weight excluding hydrogens is 282 g/mol. The number of halogens is 1.